The van der Waals surface area contributed by atoms with Crippen molar-refractivity contribution in [2.45, 2.75) is 171 Å². The van der Waals surface area contributed by atoms with Crippen LogP contribution in [0.4, 0.5) is 0 Å². The molecule has 0 spiro atoms. The van der Waals surface area contributed by atoms with E-state index in [1.165, 1.54) is 16.7 Å². The summed E-state index contributed by atoms with van der Waals surface area (Å²) >= 11 is 0. The first kappa shape index (κ1) is 39.7. The molecule has 0 heterocycles. The molecule has 2 atom stereocenters. The number of rotatable bonds is 6. The van der Waals surface area contributed by atoms with E-state index in [0.717, 1.165) is 40.7 Å². The van der Waals surface area contributed by atoms with Crippen LogP contribution < -0.4 is 0 Å². The number of phenols is 2. The zero-order valence-electron chi connectivity index (χ0n) is 34.0. The lowest BCUT2D eigenvalue weighted by Crippen LogP contribution is -2.21. The average molecular weight is 654 g/mol. The van der Waals surface area contributed by atoms with Crippen molar-refractivity contribution in [3.8, 4) is 11.5 Å². The molecule has 265 valence electrons. The molecule has 0 saturated heterocycles. The summed E-state index contributed by atoms with van der Waals surface area (Å²) in [5.74, 6) is 0.746. The van der Waals surface area contributed by atoms with E-state index in [9.17, 15) is 10.2 Å². The molecule has 48 heavy (non-hydrogen) atoms. The van der Waals surface area contributed by atoms with Gasteiger partial charge in [0.25, 0.3) is 0 Å². The molecule has 1 radical (unpaired) electrons. The van der Waals surface area contributed by atoms with Crippen LogP contribution in [-0.4, -0.2) is 10.2 Å². The van der Waals surface area contributed by atoms with Crippen LogP contribution in [0.25, 0.3) is 0 Å². The van der Waals surface area contributed by atoms with Gasteiger partial charge in [-0.25, -0.2) is 0 Å². The van der Waals surface area contributed by atoms with Gasteiger partial charge < -0.3 is 10.2 Å². The molecule has 0 saturated carbocycles. The molecule has 0 amide bonds. The summed E-state index contributed by atoms with van der Waals surface area (Å²) in [6.45, 7) is 40.4. The zero-order chi connectivity index (χ0) is 37.0. The van der Waals surface area contributed by atoms with Crippen molar-refractivity contribution < 1.29 is 10.2 Å². The van der Waals surface area contributed by atoms with Crippen molar-refractivity contribution in [3.63, 3.8) is 0 Å². The lowest BCUT2D eigenvalue weighted by atomic mass is 9.71. The van der Waals surface area contributed by atoms with Crippen molar-refractivity contribution in [3.05, 3.63) is 93.0 Å². The van der Waals surface area contributed by atoms with Crippen molar-refractivity contribution in [1.29, 1.82) is 0 Å². The molecule has 0 fully saturated rings. The Hall–Kier alpha value is -2.74. The molecule has 3 aromatic carbocycles. The van der Waals surface area contributed by atoms with Gasteiger partial charge in [-0.15, -0.1) is 0 Å². The Morgan fingerprint density at radius 3 is 1.23 bits per heavy atom. The van der Waals surface area contributed by atoms with Gasteiger partial charge in [-0.3, -0.25) is 0 Å². The molecular weight excluding hydrogens is 585 g/mol. The van der Waals surface area contributed by atoms with E-state index in [1.807, 2.05) is 0 Å². The lowest BCUT2D eigenvalue weighted by molar-refractivity contribution is 0.348. The number of aromatic hydroxyl groups is 2. The average Bonchev–Trinajstić information content (AvgIpc) is 2.87. The van der Waals surface area contributed by atoms with E-state index in [1.54, 1.807) is 0 Å². The van der Waals surface area contributed by atoms with Crippen molar-refractivity contribution in [2.75, 3.05) is 0 Å². The van der Waals surface area contributed by atoms with Crippen LogP contribution >= 0.6 is 0 Å². The fraction of sp³-hybridized carbons (Fsp3) is 0.609. The monoisotopic (exact) mass is 654 g/mol. The van der Waals surface area contributed by atoms with Crippen molar-refractivity contribution in [1.82, 2.24) is 0 Å². The molecule has 0 bridgehead atoms. The van der Waals surface area contributed by atoms with E-state index in [2.05, 4.69) is 173 Å². The smallest absolute Gasteiger partial charge is 0.123 e. The minimum atomic E-state index is -0.212. The summed E-state index contributed by atoms with van der Waals surface area (Å²) < 4.78 is 0. The molecule has 2 unspecified atom stereocenters. The maximum absolute atomic E-state index is 12.1. The summed E-state index contributed by atoms with van der Waals surface area (Å²) in [6, 6.07) is 19.2. The molecule has 0 aliphatic rings. The third kappa shape index (κ3) is 9.70. The zero-order valence-corrected chi connectivity index (χ0v) is 34.0. The highest BCUT2D eigenvalue weighted by Crippen LogP contribution is 2.49. The van der Waals surface area contributed by atoms with Crippen LogP contribution in [0.1, 0.15) is 194 Å². The summed E-state index contributed by atoms with van der Waals surface area (Å²) in [5.41, 5.74) is 8.18. The van der Waals surface area contributed by atoms with Crippen LogP contribution in [0.2, 0.25) is 0 Å². The van der Waals surface area contributed by atoms with Crippen LogP contribution in [0.15, 0.2) is 42.5 Å². The quantitative estimate of drug-likeness (QED) is 0.278. The van der Waals surface area contributed by atoms with Gasteiger partial charge in [-0.2, -0.15) is 0 Å². The lowest BCUT2D eigenvalue weighted by Gasteiger charge is -2.34. The van der Waals surface area contributed by atoms with E-state index in [-0.39, 0.29) is 44.3 Å². The van der Waals surface area contributed by atoms with Crippen molar-refractivity contribution >= 4 is 0 Å². The van der Waals surface area contributed by atoms with Gasteiger partial charge in [-0.05, 0) is 84.8 Å². The second-order valence-corrected chi connectivity index (χ2v) is 21.1. The van der Waals surface area contributed by atoms with Gasteiger partial charge in [-0.1, -0.05) is 167 Å². The fourth-order valence-electron chi connectivity index (χ4n) is 6.80. The maximum Gasteiger partial charge on any atom is 0.123 e. The summed E-state index contributed by atoms with van der Waals surface area (Å²) in [6.07, 6.45) is 1.74. The third-order valence-corrected chi connectivity index (χ3v) is 9.64. The third-order valence-electron chi connectivity index (χ3n) is 9.64. The van der Waals surface area contributed by atoms with Crippen LogP contribution in [-0.2, 0) is 21.7 Å². The van der Waals surface area contributed by atoms with Gasteiger partial charge >= 0.3 is 0 Å². The molecule has 0 aliphatic heterocycles. The second-order valence-electron chi connectivity index (χ2n) is 21.1. The largest absolute Gasteiger partial charge is 0.507 e. The topological polar surface area (TPSA) is 40.5 Å². The Bertz CT molecular complexity index is 1460. The Morgan fingerprint density at radius 1 is 0.500 bits per heavy atom. The predicted octanol–water partition coefficient (Wildman–Crippen LogP) is 13.2. The van der Waals surface area contributed by atoms with E-state index in [4.69, 9.17) is 0 Å². The molecule has 3 aromatic rings. The Labute approximate surface area is 295 Å². The van der Waals surface area contributed by atoms with E-state index >= 15 is 0 Å². The molecule has 2 heteroatoms. The summed E-state index contributed by atoms with van der Waals surface area (Å²) in [7, 11) is 0. The van der Waals surface area contributed by atoms with Crippen LogP contribution in [0, 0.1) is 16.9 Å². The van der Waals surface area contributed by atoms with E-state index in [0.29, 0.717) is 11.5 Å². The fourth-order valence-corrected chi connectivity index (χ4v) is 6.80. The van der Waals surface area contributed by atoms with Crippen molar-refractivity contribution in [2.24, 2.45) is 10.8 Å². The summed E-state index contributed by atoms with van der Waals surface area (Å²) in [5, 5.41) is 24.1. The SMILES string of the molecule is CC(C)(C)CC(c1[c]ccc(C(CC(C)(C)C)c2cc(C(C)(C)C)cc(C(C)(C)C)c2O)c1)c1cc(C(C)(C)C)cc(C(C)(C)C)c1O. The predicted molar refractivity (Wildman–Crippen MR) is 208 cm³/mol. The number of phenolic OH excluding ortho intramolecular Hbond substituents is 2. The summed E-state index contributed by atoms with van der Waals surface area (Å²) in [4.78, 5) is 0. The molecular formula is C46H69O2. The number of hydrogen-bond acceptors (Lipinski definition) is 2. The number of hydrogen-bond donors (Lipinski definition) is 2. The maximum atomic E-state index is 12.1. The van der Waals surface area contributed by atoms with Gasteiger partial charge in [0.2, 0.25) is 0 Å². The Morgan fingerprint density at radius 2 is 0.875 bits per heavy atom. The van der Waals surface area contributed by atoms with Gasteiger partial charge in [0.05, 0.1) is 0 Å². The molecule has 2 N–H and O–H groups in total. The van der Waals surface area contributed by atoms with Crippen LogP contribution in [0.5, 0.6) is 11.5 Å². The first-order valence-electron chi connectivity index (χ1n) is 18.2. The first-order valence-corrected chi connectivity index (χ1v) is 18.2. The standard InChI is InChI=1S/C46H69O2/c1-41(2,3)27-35(33-23-31(43(7,8)9)25-37(39(33)47)45(13,14)15)29-20-19-21-30(22-29)36(28-42(4,5)6)34-24-32(44(10,11)12)26-38(40(34)48)46(16,17)18/h19-20,22-26,35-36,47-48H,27-28H2,1-18H3. The minimum Gasteiger partial charge on any atom is -0.507 e. The Balaban J connectivity index is 2.42. The van der Waals surface area contributed by atoms with E-state index < -0.39 is 0 Å². The molecule has 0 aromatic heterocycles. The normalized spacial score (nSPS) is 15.0. The van der Waals surface area contributed by atoms with Gasteiger partial charge in [0.1, 0.15) is 11.5 Å². The molecule has 3 rings (SSSR count). The van der Waals surface area contributed by atoms with Gasteiger partial charge in [0.15, 0.2) is 0 Å². The molecule has 0 aliphatic carbocycles. The minimum absolute atomic E-state index is 0.00626. The molecule has 2 nitrogen and oxygen atoms in total. The van der Waals surface area contributed by atoms with Crippen LogP contribution in [0.3, 0.4) is 0 Å². The first-order chi connectivity index (χ1) is 21.4. The highest BCUT2D eigenvalue weighted by Gasteiger charge is 2.33. The highest BCUT2D eigenvalue weighted by molar-refractivity contribution is 5.55. The highest BCUT2D eigenvalue weighted by atomic mass is 16.3. The van der Waals surface area contributed by atoms with Gasteiger partial charge in [0, 0.05) is 23.0 Å². The Kier molecular flexibility index (Phi) is 10.9. The number of benzene rings is 3. The second kappa shape index (κ2) is 13.2.